The molecule has 9 nitrogen and oxygen atoms in total. The highest BCUT2D eigenvalue weighted by Gasteiger charge is 2.30. The van der Waals surface area contributed by atoms with Crippen LogP contribution in [0.3, 0.4) is 0 Å². The third-order valence-corrected chi connectivity index (χ3v) is 7.49. The summed E-state index contributed by atoms with van der Waals surface area (Å²) in [6, 6.07) is 15.2. The maximum Gasteiger partial charge on any atom is 0.243 e. The van der Waals surface area contributed by atoms with Gasteiger partial charge in [0.15, 0.2) is 11.5 Å². The number of furan rings is 1. The average Bonchev–Trinajstić information content (AvgIpc) is 3.54. The number of sulfonamides is 1. The van der Waals surface area contributed by atoms with E-state index in [1.807, 2.05) is 26.0 Å². The topological polar surface area (TPSA) is 98.5 Å². The van der Waals surface area contributed by atoms with Crippen molar-refractivity contribution in [3.05, 3.63) is 72.2 Å². The molecule has 1 aliphatic rings. The van der Waals surface area contributed by atoms with Crippen LogP contribution in [-0.2, 0) is 27.9 Å². The SMILES string of the molecule is COc1ccc(S(=O)(=O)N(CC(=O)N(Cc2ccc3c(c2)OCO3)Cc2ccco2)CC(C)C)cc1. The minimum Gasteiger partial charge on any atom is -0.497 e. The fraction of sp³-hybridized carbons (Fsp3) is 0.346. The first-order valence-corrected chi connectivity index (χ1v) is 13.0. The van der Waals surface area contributed by atoms with Crippen LogP contribution in [0.2, 0.25) is 0 Å². The van der Waals surface area contributed by atoms with Gasteiger partial charge in [0.05, 0.1) is 31.4 Å². The van der Waals surface area contributed by atoms with Gasteiger partial charge >= 0.3 is 0 Å². The number of hydrogen-bond donors (Lipinski definition) is 0. The maximum atomic E-state index is 13.6. The predicted octanol–water partition coefficient (Wildman–Crippen LogP) is 3.89. The Morgan fingerprint density at radius 2 is 1.78 bits per heavy atom. The molecular formula is C26H30N2O7S. The second-order valence-corrected chi connectivity index (χ2v) is 10.8. The van der Waals surface area contributed by atoms with E-state index in [4.69, 9.17) is 18.6 Å². The lowest BCUT2D eigenvalue weighted by molar-refractivity contribution is -0.133. The van der Waals surface area contributed by atoms with E-state index < -0.39 is 10.0 Å². The van der Waals surface area contributed by atoms with Gasteiger partial charge in [-0.3, -0.25) is 4.79 Å². The number of amides is 1. The van der Waals surface area contributed by atoms with Gasteiger partial charge in [-0.1, -0.05) is 19.9 Å². The van der Waals surface area contributed by atoms with Gasteiger partial charge in [-0.2, -0.15) is 4.31 Å². The van der Waals surface area contributed by atoms with Gasteiger partial charge in [0.1, 0.15) is 11.5 Å². The maximum absolute atomic E-state index is 13.6. The number of methoxy groups -OCH3 is 1. The molecule has 1 aliphatic heterocycles. The van der Waals surface area contributed by atoms with Crippen LogP contribution in [0.1, 0.15) is 25.2 Å². The molecule has 1 aromatic heterocycles. The van der Waals surface area contributed by atoms with Gasteiger partial charge < -0.3 is 23.5 Å². The number of carbonyl (C=O) groups excluding carboxylic acids is 1. The molecular weight excluding hydrogens is 484 g/mol. The summed E-state index contributed by atoms with van der Waals surface area (Å²) >= 11 is 0. The molecule has 0 N–H and O–H groups in total. The van der Waals surface area contributed by atoms with E-state index in [0.717, 1.165) is 5.56 Å². The molecule has 0 saturated heterocycles. The zero-order chi connectivity index (χ0) is 25.7. The summed E-state index contributed by atoms with van der Waals surface area (Å²) in [5.41, 5.74) is 0.826. The number of nitrogens with zero attached hydrogens (tertiary/aromatic N) is 2. The van der Waals surface area contributed by atoms with Crippen molar-refractivity contribution in [2.75, 3.05) is 27.0 Å². The third kappa shape index (κ3) is 6.00. The Morgan fingerprint density at radius 1 is 1.03 bits per heavy atom. The summed E-state index contributed by atoms with van der Waals surface area (Å²) in [5.74, 6) is 2.07. The second kappa shape index (κ2) is 11.0. The fourth-order valence-corrected chi connectivity index (χ4v) is 5.44. The number of ether oxygens (including phenoxy) is 3. The Labute approximate surface area is 211 Å². The van der Waals surface area contributed by atoms with Crippen LogP contribution in [0.25, 0.3) is 0 Å². The number of fused-ring (bicyclic) bond motifs is 1. The zero-order valence-corrected chi connectivity index (χ0v) is 21.4. The Morgan fingerprint density at radius 3 is 2.44 bits per heavy atom. The van der Waals surface area contributed by atoms with Crippen molar-refractivity contribution >= 4 is 15.9 Å². The molecule has 3 aromatic rings. The minimum absolute atomic E-state index is 0.0122. The van der Waals surface area contributed by atoms with Crippen LogP contribution in [0.5, 0.6) is 17.2 Å². The van der Waals surface area contributed by atoms with E-state index in [0.29, 0.717) is 23.0 Å². The third-order valence-electron chi connectivity index (χ3n) is 5.67. The first-order valence-electron chi connectivity index (χ1n) is 11.6. The zero-order valence-electron chi connectivity index (χ0n) is 20.5. The van der Waals surface area contributed by atoms with Crippen molar-refractivity contribution in [2.24, 2.45) is 5.92 Å². The fourth-order valence-electron chi connectivity index (χ4n) is 3.89. The largest absolute Gasteiger partial charge is 0.497 e. The minimum atomic E-state index is -3.92. The Balaban J connectivity index is 1.58. The standard InChI is InChI=1S/C26H30N2O7S/c1-19(2)14-28(36(30,31)23-9-7-21(32-3)8-10-23)17-26(29)27(16-22-5-4-12-33-22)15-20-6-11-24-25(13-20)35-18-34-24/h4-13,19H,14-18H2,1-3H3. The number of rotatable bonds is 11. The Bertz CT molecular complexity index is 1270. The van der Waals surface area contributed by atoms with E-state index in [1.54, 1.807) is 35.2 Å². The van der Waals surface area contributed by atoms with Crippen molar-refractivity contribution in [3.8, 4) is 17.2 Å². The van der Waals surface area contributed by atoms with Crippen LogP contribution < -0.4 is 14.2 Å². The van der Waals surface area contributed by atoms with Crippen molar-refractivity contribution in [1.82, 2.24) is 9.21 Å². The summed E-state index contributed by atoms with van der Waals surface area (Å²) in [7, 11) is -2.41. The van der Waals surface area contributed by atoms with E-state index in [-0.39, 0.29) is 49.7 Å². The smallest absolute Gasteiger partial charge is 0.243 e. The monoisotopic (exact) mass is 514 g/mol. The molecule has 1 amide bonds. The lowest BCUT2D eigenvalue weighted by Gasteiger charge is -2.28. The summed E-state index contributed by atoms with van der Waals surface area (Å²) in [6.45, 7) is 4.30. The summed E-state index contributed by atoms with van der Waals surface area (Å²) in [4.78, 5) is 15.3. The molecule has 192 valence electrons. The number of benzene rings is 2. The first-order chi connectivity index (χ1) is 17.3. The molecule has 0 spiro atoms. The van der Waals surface area contributed by atoms with E-state index in [1.165, 1.54) is 29.8 Å². The van der Waals surface area contributed by atoms with Gasteiger partial charge in [0.2, 0.25) is 22.7 Å². The highest BCUT2D eigenvalue weighted by molar-refractivity contribution is 7.89. The Kier molecular flexibility index (Phi) is 7.85. The van der Waals surface area contributed by atoms with Crippen LogP contribution in [-0.4, -0.2) is 50.5 Å². The lowest BCUT2D eigenvalue weighted by Crippen LogP contribution is -2.43. The second-order valence-electron chi connectivity index (χ2n) is 8.88. The molecule has 0 saturated carbocycles. The molecule has 0 bridgehead atoms. The molecule has 36 heavy (non-hydrogen) atoms. The molecule has 2 aromatic carbocycles. The van der Waals surface area contributed by atoms with Crippen molar-refractivity contribution in [1.29, 1.82) is 0 Å². The quantitative estimate of drug-likeness (QED) is 0.383. The molecule has 2 heterocycles. The molecule has 0 aliphatic carbocycles. The van der Waals surface area contributed by atoms with Crippen LogP contribution in [0, 0.1) is 5.92 Å². The summed E-state index contributed by atoms with van der Waals surface area (Å²) in [6.07, 6.45) is 1.54. The molecule has 0 atom stereocenters. The molecule has 0 unspecified atom stereocenters. The highest BCUT2D eigenvalue weighted by atomic mass is 32.2. The molecule has 0 fully saturated rings. The van der Waals surface area contributed by atoms with Gasteiger partial charge in [-0.05, 0) is 60.0 Å². The van der Waals surface area contributed by atoms with E-state index in [9.17, 15) is 13.2 Å². The van der Waals surface area contributed by atoms with Crippen molar-refractivity contribution < 1.29 is 31.8 Å². The van der Waals surface area contributed by atoms with Crippen LogP contribution in [0.4, 0.5) is 0 Å². The highest BCUT2D eigenvalue weighted by Crippen LogP contribution is 2.33. The van der Waals surface area contributed by atoms with Crippen LogP contribution in [0.15, 0.2) is 70.2 Å². The lowest BCUT2D eigenvalue weighted by atomic mass is 10.2. The average molecular weight is 515 g/mol. The summed E-state index contributed by atoms with van der Waals surface area (Å²) in [5, 5.41) is 0. The molecule has 0 radical (unpaired) electrons. The van der Waals surface area contributed by atoms with Crippen molar-refractivity contribution in [3.63, 3.8) is 0 Å². The predicted molar refractivity (Wildman–Crippen MR) is 132 cm³/mol. The van der Waals surface area contributed by atoms with E-state index >= 15 is 0 Å². The van der Waals surface area contributed by atoms with Gasteiger partial charge in [0.25, 0.3) is 0 Å². The van der Waals surface area contributed by atoms with Gasteiger partial charge in [-0.15, -0.1) is 0 Å². The van der Waals surface area contributed by atoms with Gasteiger partial charge in [-0.25, -0.2) is 8.42 Å². The molecule has 4 rings (SSSR count). The van der Waals surface area contributed by atoms with E-state index in [2.05, 4.69) is 0 Å². The summed E-state index contributed by atoms with van der Waals surface area (Å²) < 4.78 is 49.7. The van der Waals surface area contributed by atoms with Crippen LogP contribution >= 0.6 is 0 Å². The first kappa shape index (κ1) is 25.6. The Hall–Kier alpha value is -3.50. The van der Waals surface area contributed by atoms with Crippen molar-refractivity contribution in [2.45, 2.75) is 31.8 Å². The number of carbonyl (C=O) groups is 1. The normalized spacial score (nSPS) is 12.8. The molecule has 10 heteroatoms. The number of hydrogen-bond acceptors (Lipinski definition) is 7. The van der Waals surface area contributed by atoms with Gasteiger partial charge in [0, 0.05) is 13.1 Å².